The van der Waals surface area contributed by atoms with Crippen LogP contribution in [0.3, 0.4) is 0 Å². The van der Waals surface area contributed by atoms with Crippen LogP contribution in [0.15, 0.2) is 12.1 Å². The number of benzene rings is 1. The summed E-state index contributed by atoms with van der Waals surface area (Å²) in [7, 11) is 0. The number of hydrogen-bond donors (Lipinski definition) is 1. The fraction of sp³-hybridized carbons (Fsp3) is 0.368. The van der Waals surface area contributed by atoms with E-state index >= 15 is 0 Å². The van der Waals surface area contributed by atoms with Crippen LogP contribution in [0.4, 0.5) is 5.82 Å². The Morgan fingerprint density at radius 2 is 1.61 bits per heavy atom. The predicted octanol–water partition coefficient (Wildman–Crippen LogP) is 4.11. The van der Waals surface area contributed by atoms with Crippen molar-refractivity contribution in [2.45, 2.75) is 48.0 Å². The first kappa shape index (κ1) is 15.5. The van der Waals surface area contributed by atoms with Gasteiger partial charge in [-0.1, -0.05) is 24.6 Å². The lowest BCUT2D eigenvalue weighted by Gasteiger charge is -2.16. The zero-order valence-corrected chi connectivity index (χ0v) is 14.8. The Morgan fingerprint density at radius 1 is 1.00 bits per heavy atom. The average Bonchev–Trinajstić information content (AvgIpc) is 2.71. The molecule has 120 valence electrons. The van der Waals surface area contributed by atoms with Crippen LogP contribution in [0.1, 0.15) is 40.7 Å². The molecule has 1 aromatic carbocycles. The average molecular weight is 308 g/mol. The fourth-order valence-electron chi connectivity index (χ4n) is 3.74. The molecule has 0 aliphatic carbocycles. The van der Waals surface area contributed by atoms with E-state index < -0.39 is 0 Å². The highest BCUT2D eigenvalue weighted by Gasteiger charge is 2.20. The van der Waals surface area contributed by atoms with E-state index in [-0.39, 0.29) is 0 Å². The molecule has 3 rings (SSSR count). The molecule has 0 spiro atoms. The largest absolute Gasteiger partial charge is 0.383 e. The maximum atomic E-state index is 6.23. The second kappa shape index (κ2) is 5.37. The number of hydrogen-bond acceptors (Lipinski definition) is 3. The summed E-state index contributed by atoms with van der Waals surface area (Å²) in [5.74, 6) is 1.28. The summed E-state index contributed by atoms with van der Waals surface area (Å²) >= 11 is 0. The quantitative estimate of drug-likeness (QED) is 0.775. The smallest absolute Gasteiger partial charge is 0.150 e. The van der Waals surface area contributed by atoms with Crippen LogP contribution in [0.5, 0.6) is 0 Å². The molecule has 0 aliphatic rings. The van der Waals surface area contributed by atoms with E-state index in [1.807, 2.05) is 6.92 Å². The molecule has 4 heteroatoms. The van der Waals surface area contributed by atoms with Gasteiger partial charge in [-0.05, 0) is 57.7 Å². The standard InChI is InChI=1S/C19H24N4/c1-7-15-13(5)23(17-11(3)8-10(2)9-12(17)4)19-16(15)18(20)21-14(6)22-19/h8-9H,7H2,1-6H3,(H2,20,21,22). The van der Waals surface area contributed by atoms with Crippen molar-refractivity contribution in [3.63, 3.8) is 0 Å². The van der Waals surface area contributed by atoms with Crippen molar-refractivity contribution in [2.75, 3.05) is 5.73 Å². The Morgan fingerprint density at radius 3 is 2.17 bits per heavy atom. The van der Waals surface area contributed by atoms with Gasteiger partial charge in [0.05, 0.1) is 11.1 Å². The molecule has 0 saturated heterocycles. The minimum Gasteiger partial charge on any atom is -0.383 e. The molecule has 0 saturated carbocycles. The Balaban J connectivity index is 2.51. The van der Waals surface area contributed by atoms with Crippen LogP contribution < -0.4 is 5.73 Å². The van der Waals surface area contributed by atoms with Crippen molar-refractivity contribution in [1.29, 1.82) is 0 Å². The summed E-state index contributed by atoms with van der Waals surface area (Å²) in [6.45, 7) is 12.6. The molecular weight excluding hydrogens is 284 g/mol. The third-order valence-corrected chi connectivity index (χ3v) is 4.53. The van der Waals surface area contributed by atoms with E-state index in [4.69, 9.17) is 10.7 Å². The number of nitrogens with zero attached hydrogens (tertiary/aromatic N) is 3. The zero-order valence-electron chi connectivity index (χ0n) is 14.8. The second-order valence-electron chi connectivity index (χ2n) is 6.35. The summed E-state index contributed by atoms with van der Waals surface area (Å²) in [4.78, 5) is 9.09. The minimum atomic E-state index is 0.577. The number of nitrogens with two attached hydrogens (primary N) is 1. The van der Waals surface area contributed by atoms with Gasteiger partial charge < -0.3 is 5.73 Å². The van der Waals surface area contributed by atoms with Gasteiger partial charge in [0.2, 0.25) is 0 Å². The number of anilines is 1. The third kappa shape index (κ3) is 2.29. The molecule has 0 unspecified atom stereocenters. The van der Waals surface area contributed by atoms with Crippen molar-refractivity contribution in [3.05, 3.63) is 45.9 Å². The molecule has 0 amide bonds. The van der Waals surface area contributed by atoms with Crippen molar-refractivity contribution >= 4 is 16.9 Å². The first-order valence-electron chi connectivity index (χ1n) is 8.07. The first-order chi connectivity index (χ1) is 10.8. The number of fused-ring (bicyclic) bond motifs is 1. The number of rotatable bonds is 2. The van der Waals surface area contributed by atoms with Gasteiger partial charge in [-0.2, -0.15) is 0 Å². The van der Waals surface area contributed by atoms with Gasteiger partial charge in [0.25, 0.3) is 0 Å². The van der Waals surface area contributed by atoms with Crippen LogP contribution in [-0.4, -0.2) is 14.5 Å². The second-order valence-corrected chi connectivity index (χ2v) is 6.35. The molecule has 3 aromatic rings. The Kier molecular flexibility index (Phi) is 3.63. The van der Waals surface area contributed by atoms with Gasteiger partial charge in [-0.25, -0.2) is 9.97 Å². The number of aryl methyl sites for hydroxylation is 5. The lowest BCUT2D eigenvalue weighted by Crippen LogP contribution is -2.05. The fourth-order valence-corrected chi connectivity index (χ4v) is 3.74. The van der Waals surface area contributed by atoms with E-state index in [2.05, 4.69) is 56.3 Å². The highest BCUT2D eigenvalue weighted by molar-refractivity contribution is 5.92. The Bertz CT molecular complexity index is 896. The van der Waals surface area contributed by atoms with Crippen molar-refractivity contribution in [1.82, 2.24) is 14.5 Å². The van der Waals surface area contributed by atoms with Crippen molar-refractivity contribution < 1.29 is 0 Å². The van der Waals surface area contributed by atoms with E-state index in [9.17, 15) is 0 Å². The molecule has 2 aromatic heterocycles. The van der Waals surface area contributed by atoms with Gasteiger partial charge >= 0.3 is 0 Å². The van der Waals surface area contributed by atoms with Gasteiger partial charge in [0, 0.05) is 5.69 Å². The topological polar surface area (TPSA) is 56.7 Å². The maximum Gasteiger partial charge on any atom is 0.150 e. The van der Waals surface area contributed by atoms with Crippen LogP contribution in [0, 0.1) is 34.6 Å². The van der Waals surface area contributed by atoms with Gasteiger partial charge in [0.1, 0.15) is 11.6 Å². The van der Waals surface area contributed by atoms with E-state index in [1.54, 1.807) is 0 Å². The summed E-state index contributed by atoms with van der Waals surface area (Å²) in [6.07, 6.45) is 0.913. The Labute approximate surface area is 137 Å². The van der Waals surface area contributed by atoms with Crippen LogP contribution in [0.2, 0.25) is 0 Å². The van der Waals surface area contributed by atoms with E-state index in [0.29, 0.717) is 11.6 Å². The molecule has 0 bridgehead atoms. The van der Waals surface area contributed by atoms with Crippen LogP contribution >= 0.6 is 0 Å². The van der Waals surface area contributed by atoms with E-state index in [1.165, 1.54) is 33.6 Å². The first-order valence-corrected chi connectivity index (χ1v) is 8.07. The molecule has 0 aliphatic heterocycles. The summed E-state index contributed by atoms with van der Waals surface area (Å²) in [5, 5.41) is 0.995. The molecule has 23 heavy (non-hydrogen) atoms. The summed E-state index contributed by atoms with van der Waals surface area (Å²) in [5.41, 5.74) is 14.6. The zero-order chi connectivity index (χ0) is 16.9. The predicted molar refractivity (Wildman–Crippen MR) is 96.3 cm³/mol. The highest BCUT2D eigenvalue weighted by atomic mass is 15.1. The third-order valence-electron chi connectivity index (χ3n) is 4.53. The van der Waals surface area contributed by atoms with Gasteiger partial charge in [-0.3, -0.25) is 4.57 Å². The molecular formula is C19H24N4. The minimum absolute atomic E-state index is 0.577. The van der Waals surface area contributed by atoms with Crippen molar-refractivity contribution in [2.24, 2.45) is 0 Å². The number of aromatic nitrogens is 3. The SMILES string of the molecule is CCc1c(C)n(-c2c(C)cc(C)cc2C)c2nc(C)nc(N)c12. The summed E-state index contributed by atoms with van der Waals surface area (Å²) < 4.78 is 2.25. The monoisotopic (exact) mass is 308 g/mol. The molecule has 4 nitrogen and oxygen atoms in total. The van der Waals surface area contributed by atoms with Crippen LogP contribution in [0.25, 0.3) is 16.7 Å². The normalized spacial score (nSPS) is 11.4. The Hall–Kier alpha value is -2.36. The lowest BCUT2D eigenvalue weighted by atomic mass is 10.0. The van der Waals surface area contributed by atoms with Gasteiger partial charge in [-0.15, -0.1) is 0 Å². The number of nitrogen functional groups attached to an aromatic ring is 1. The molecule has 2 heterocycles. The molecule has 2 N–H and O–H groups in total. The van der Waals surface area contributed by atoms with Crippen LogP contribution in [-0.2, 0) is 6.42 Å². The molecule has 0 fully saturated rings. The molecule has 0 atom stereocenters. The van der Waals surface area contributed by atoms with Gasteiger partial charge in [0.15, 0.2) is 5.65 Å². The maximum absolute atomic E-state index is 6.23. The van der Waals surface area contributed by atoms with E-state index in [0.717, 1.165) is 17.5 Å². The summed E-state index contributed by atoms with van der Waals surface area (Å²) in [6, 6.07) is 4.44. The van der Waals surface area contributed by atoms with Crippen molar-refractivity contribution in [3.8, 4) is 5.69 Å². The molecule has 0 radical (unpaired) electrons. The lowest BCUT2D eigenvalue weighted by molar-refractivity contribution is 0.963. The highest BCUT2D eigenvalue weighted by Crippen LogP contribution is 2.34.